The van der Waals surface area contributed by atoms with Crippen LogP contribution in [0.1, 0.15) is 16.2 Å². The maximum atomic E-state index is 13.9. The largest absolute Gasteiger partial charge is 0.363 e. The van der Waals surface area contributed by atoms with Crippen molar-refractivity contribution in [3.8, 4) is 0 Å². The van der Waals surface area contributed by atoms with Crippen LogP contribution < -0.4 is 9.80 Å². The van der Waals surface area contributed by atoms with Crippen molar-refractivity contribution in [1.82, 2.24) is 14.9 Å². The number of aromatic nitrogens is 2. The van der Waals surface area contributed by atoms with Crippen LogP contribution in [-0.2, 0) is 0 Å². The maximum absolute atomic E-state index is 13.9. The van der Waals surface area contributed by atoms with E-state index in [2.05, 4.69) is 9.97 Å². The second-order valence-electron chi connectivity index (χ2n) is 6.53. The van der Waals surface area contributed by atoms with Gasteiger partial charge in [-0.3, -0.25) is 4.79 Å². The second-order valence-corrected chi connectivity index (χ2v) is 6.53. The van der Waals surface area contributed by atoms with E-state index >= 15 is 0 Å². The number of benzene rings is 1. The second kappa shape index (κ2) is 7.42. The minimum atomic E-state index is -1.63. The molecule has 27 heavy (non-hydrogen) atoms. The van der Waals surface area contributed by atoms with Gasteiger partial charge in [0.2, 0.25) is 0 Å². The Morgan fingerprint density at radius 2 is 1.70 bits per heavy atom. The van der Waals surface area contributed by atoms with Crippen LogP contribution in [0.2, 0.25) is 0 Å². The summed E-state index contributed by atoms with van der Waals surface area (Å²) >= 11 is 0. The Labute approximate surface area is 155 Å². The normalized spacial score (nSPS) is 14.4. The molecule has 0 spiro atoms. The first-order chi connectivity index (χ1) is 12.8. The van der Waals surface area contributed by atoms with E-state index in [9.17, 15) is 18.0 Å². The average molecular weight is 379 g/mol. The molecule has 1 aromatic heterocycles. The minimum Gasteiger partial charge on any atom is -0.363 e. The zero-order valence-electron chi connectivity index (χ0n) is 15.3. The summed E-state index contributed by atoms with van der Waals surface area (Å²) in [7, 11) is 3.77. The van der Waals surface area contributed by atoms with Gasteiger partial charge in [-0.25, -0.2) is 23.1 Å². The van der Waals surface area contributed by atoms with Crippen molar-refractivity contribution < 1.29 is 18.0 Å². The van der Waals surface area contributed by atoms with E-state index in [1.807, 2.05) is 36.9 Å². The van der Waals surface area contributed by atoms with E-state index in [1.54, 1.807) is 0 Å². The summed E-state index contributed by atoms with van der Waals surface area (Å²) in [5, 5.41) is 0. The Morgan fingerprint density at radius 3 is 2.33 bits per heavy atom. The first-order valence-electron chi connectivity index (χ1n) is 8.48. The Morgan fingerprint density at radius 1 is 1.04 bits per heavy atom. The molecule has 0 saturated carbocycles. The van der Waals surface area contributed by atoms with Crippen molar-refractivity contribution in [3.63, 3.8) is 0 Å². The molecule has 0 radical (unpaired) electrons. The van der Waals surface area contributed by atoms with Crippen molar-refractivity contribution in [3.05, 3.63) is 47.0 Å². The molecule has 0 atom stereocenters. The lowest BCUT2D eigenvalue weighted by molar-refractivity contribution is 0.0740. The topological polar surface area (TPSA) is 52.6 Å². The predicted molar refractivity (Wildman–Crippen MR) is 95.5 cm³/mol. The van der Waals surface area contributed by atoms with Gasteiger partial charge in [0, 0.05) is 46.3 Å². The van der Waals surface area contributed by atoms with Gasteiger partial charge in [0.1, 0.15) is 17.5 Å². The molecule has 0 aliphatic carbocycles. The number of hydrogen-bond donors (Lipinski definition) is 0. The van der Waals surface area contributed by atoms with E-state index in [-0.39, 0.29) is 0 Å². The molecule has 0 bridgehead atoms. The summed E-state index contributed by atoms with van der Waals surface area (Å²) in [6, 6.07) is 3.59. The molecule has 3 rings (SSSR count). The van der Waals surface area contributed by atoms with Crippen LogP contribution in [0.4, 0.5) is 24.8 Å². The fourth-order valence-corrected chi connectivity index (χ4v) is 2.93. The van der Waals surface area contributed by atoms with Crippen molar-refractivity contribution in [1.29, 1.82) is 0 Å². The first-order valence-corrected chi connectivity index (χ1v) is 8.48. The third kappa shape index (κ3) is 3.81. The molecule has 2 aromatic rings. The molecule has 1 saturated heterocycles. The molecular weight excluding hydrogens is 359 g/mol. The lowest BCUT2D eigenvalue weighted by atomic mass is 10.1. The quantitative estimate of drug-likeness (QED) is 0.766. The summed E-state index contributed by atoms with van der Waals surface area (Å²) in [5.74, 6) is -2.89. The molecule has 1 amide bonds. The molecule has 1 aliphatic rings. The number of rotatable bonds is 3. The van der Waals surface area contributed by atoms with E-state index in [1.165, 1.54) is 4.90 Å². The minimum absolute atomic E-state index is 0.317. The van der Waals surface area contributed by atoms with Crippen LogP contribution >= 0.6 is 0 Å². The third-order valence-corrected chi connectivity index (χ3v) is 4.43. The Balaban J connectivity index is 1.72. The summed E-state index contributed by atoms with van der Waals surface area (Å²) in [6.07, 6.45) is 0. The van der Waals surface area contributed by atoms with Gasteiger partial charge >= 0.3 is 0 Å². The molecule has 2 heterocycles. The molecule has 6 nitrogen and oxygen atoms in total. The van der Waals surface area contributed by atoms with Crippen molar-refractivity contribution in [2.45, 2.75) is 6.92 Å². The van der Waals surface area contributed by atoms with Crippen molar-refractivity contribution in [2.24, 2.45) is 0 Å². The zero-order valence-corrected chi connectivity index (χ0v) is 15.3. The molecule has 0 unspecified atom stereocenters. The zero-order chi connectivity index (χ0) is 19.7. The summed E-state index contributed by atoms with van der Waals surface area (Å²) in [5.41, 5.74) is -0.463. The lowest BCUT2D eigenvalue weighted by Crippen LogP contribution is -2.49. The summed E-state index contributed by atoms with van der Waals surface area (Å²) < 4.78 is 40.3. The van der Waals surface area contributed by atoms with Crippen LogP contribution in [0.5, 0.6) is 0 Å². The number of piperazine rings is 1. The van der Waals surface area contributed by atoms with Gasteiger partial charge in [-0.1, -0.05) is 0 Å². The highest BCUT2D eigenvalue weighted by Crippen LogP contribution is 2.21. The average Bonchev–Trinajstić information content (AvgIpc) is 2.65. The number of nitrogens with zero attached hydrogens (tertiary/aromatic N) is 5. The van der Waals surface area contributed by atoms with E-state index in [0.717, 1.165) is 23.8 Å². The molecule has 9 heteroatoms. The molecule has 144 valence electrons. The van der Waals surface area contributed by atoms with E-state index < -0.39 is 28.9 Å². The molecular formula is C18H20F3N5O. The van der Waals surface area contributed by atoms with Gasteiger partial charge in [-0.2, -0.15) is 0 Å². The van der Waals surface area contributed by atoms with Crippen LogP contribution in [0.25, 0.3) is 0 Å². The number of amides is 1. The van der Waals surface area contributed by atoms with Crippen molar-refractivity contribution in [2.75, 3.05) is 50.1 Å². The van der Waals surface area contributed by atoms with Crippen LogP contribution in [-0.4, -0.2) is 61.0 Å². The first kappa shape index (κ1) is 18.9. The predicted octanol–water partition coefficient (Wildman–Crippen LogP) is 2.23. The third-order valence-electron chi connectivity index (χ3n) is 4.43. The number of anilines is 2. The van der Waals surface area contributed by atoms with Gasteiger partial charge in [-0.15, -0.1) is 0 Å². The highest BCUT2D eigenvalue weighted by Gasteiger charge is 2.27. The van der Waals surface area contributed by atoms with E-state index in [4.69, 9.17) is 0 Å². The molecule has 1 aromatic carbocycles. The van der Waals surface area contributed by atoms with Gasteiger partial charge in [-0.05, 0) is 19.1 Å². The highest BCUT2D eigenvalue weighted by atomic mass is 19.2. The number of carbonyl (C=O) groups excluding carboxylic acids is 1. The van der Waals surface area contributed by atoms with Gasteiger partial charge < -0.3 is 14.7 Å². The van der Waals surface area contributed by atoms with E-state index in [0.29, 0.717) is 32.0 Å². The Hall–Kier alpha value is -2.84. The number of halogens is 3. The van der Waals surface area contributed by atoms with Crippen LogP contribution in [0, 0.1) is 24.4 Å². The van der Waals surface area contributed by atoms with Gasteiger partial charge in [0.15, 0.2) is 17.5 Å². The Bertz CT molecular complexity index is 866. The fraction of sp³-hybridized carbons (Fsp3) is 0.389. The fourth-order valence-electron chi connectivity index (χ4n) is 2.93. The highest BCUT2D eigenvalue weighted by molar-refractivity contribution is 5.94. The van der Waals surface area contributed by atoms with Gasteiger partial charge in [0.05, 0.1) is 5.56 Å². The lowest BCUT2D eigenvalue weighted by Gasteiger charge is -2.35. The van der Waals surface area contributed by atoms with Crippen LogP contribution in [0.15, 0.2) is 18.2 Å². The molecule has 1 aliphatic heterocycles. The maximum Gasteiger partial charge on any atom is 0.257 e. The van der Waals surface area contributed by atoms with Gasteiger partial charge in [0.25, 0.3) is 5.91 Å². The summed E-state index contributed by atoms with van der Waals surface area (Å²) in [4.78, 5) is 26.6. The smallest absolute Gasteiger partial charge is 0.257 e. The number of hydrogen-bond acceptors (Lipinski definition) is 5. The summed E-state index contributed by atoms with van der Waals surface area (Å²) in [6.45, 7) is 3.41. The number of aryl methyl sites for hydroxylation is 1. The van der Waals surface area contributed by atoms with Crippen LogP contribution in [0.3, 0.4) is 0 Å². The van der Waals surface area contributed by atoms with Crippen molar-refractivity contribution >= 4 is 17.5 Å². The molecule has 0 N–H and O–H groups in total. The Kier molecular flexibility index (Phi) is 5.20. The SMILES string of the molecule is Cc1nc(N(C)C)cc(N2CCN(C(=O)c3ccc(F)c(F)c3F)CC2)n1. The standard InChI is InChI=1S/C18H20F3N5O/c1-11-22-14(24(2)3)10-15(23-11)25-6-8-26(9-7-25)18(27)12-4-5-13(19)17(21)16(12)20/h4-5,10H,6-9H2,1-3H3. The molecule has 1 fully saturated rings. The number of carbonyl (C=O) groups is 1. The monoisotopic (exact) mass is 379 g/mol.